The number of nitrogens with one attached hydrogen (secondary N) is 1. The molecule has 1 aromatic rings. The highest BCUT2D eigenvalue weighted by molar-refractivity contribution is 8.09. The Morgan fingerprint density at radius 1 is 1.09 bits per heavy atom. The molecular weight excluding hydrogens is 352 g/mol. The van der Waals surface area contributed by atoms with Gasteiger partial charge in [0.2, 0.25) is 11.6 Å². The predicted molar refractivity (Wildman–Crippen MR) is 81.7 cm³/mol. The second-order valence-electron chi connectivity index (χ2n) is 3.22. The molecule has 122 valence electrons. The Labute approximate surface area is 134 Å². The smallest absolute Gasteiger partial charge is 0.353 e. The molecular formula is C10H8ClN6O5S-. The first-order valence-corrected chi connectivity index (χ1v) is 7.41. The van der Waals surface area contributed by atoms with Gasteiger partial charge in [0.05, 0.1) is 0 Å². The number of carbonyl (C=O) groups excluding carboxylic acids is 2. The van der Waals surface area contributed by atoms with Crippen molar-refractivity contribution >= 4 is 37.7 Å². The number of rotatable bonds is 0. The molecule has 0 aromatic heterocycles. The summed E-state index contributed by atoms with van der Waals surface area (Å²) in [5.74, 6) is -0.846. The fourth-order valence-corrected chi connectivity index (χ4v) is 1.22. The molecule has 0 heterocycles. The minimum absolute atomic E-state index is 0.409. The third kappa shape index (κ3) is 12.6. The number of hydrogen-bond donors (Lipinski definition) is 2. The van der Waals surface area contributed by atoms with E-state index in [1.165, 1.54) is 11.0 Å². The average molecular weight is 360 g/mol. The number of hydrogen-bond acceptors (Lipinski definition) is 5. The van der Waals surface area contributed by atoms with Gasteiger partial charge in [-0.25, -0.2) is 0 Å². The van der Waals surface area contributed by atoms with Crippen molar-refractivity contribution in [1.29, 1.82) is 5.53 Å². The quantitative estimate of drug-likeness (QED) is 0.178. The fraction of sp³-hybridized carbons (Fsp3) is 0. The molecule has 1 aromatic carbocycles. The zero-order valence-corrected chi connectivity index (χ0v) is 12.6. The van der Waals surface area contributed by atoms with Crippen LogP contribution < -0.4 is 0 Å². The number of carbonyl (C=O) groups is 2. The van der Waals surface area contributed by atoms with Crippen LogP contribution in [0.3, 0.4) is 0 Å². The third-order valence-electron chi connectivity index (χ3n) is 1.84. The SMILES string of the molecule is O=C1C=Cc2ccccc2C1=O.O=S(=O)(O)Cl.[N-]=[N+]=N.[N-]=[N+]=[N-]. The molecule has 1 aliphatic rings. The first kappa shape index (κ1) is 22.4. The summed E-state index contributed by atoms with van der Waals surface area (Å²) in [6, 6.07) is 7.07. The summed E-state index contributed by atoms with van der Waals surface area (Å²) in [5.41, 5.74) is 27.1. The van der Waals surface area contributed by atoms with Crippen LogP contribution in [-0.2, 0) is 14.1 Å². The summed E-state index contributed by atoms with van der Waals surface area (Å²) >= 11 is 0. The Morgan fingerprint density at radius 3 is 1.91 bits per heavy atom. The molecule has 0 bridgehead atoms. The lowest BCUT2D eigenvalue weighted by atomic mass is 9.96. The van der Waals surface area contributed by atoms with E-state index in [-0.39, 0.29) is 0 Å². The van der Waals surface area contributed by atoms with E-state index < -0.39 is 20.9 Å². The molecule has 0 radical (unpaired) electrons. The fourth-order valence-electron chi connectivity index (χ4n) is 1.22. The molecule has 0 aliphatic heterocycles. The molecule has 0 saturated carbocycles. The van der Waals surface area contributed by atoms with E-state index in [2.05, 4.69) is 10.7 Å². The molecule has 0 fully saturated rings. The van der Waals surface area contributed by atoms with E-state index in [0.29, 0.717) is 5.56 Å². The second kappa shape index (κ2) is 11.7. The molecule has 0 unspecified atom stereocenters. The van der Waals surface area contributed by atoms with Crippen LogP contribution in [0, 0.1) is 5.53 Å². The zero-order valence-electron chi connectivity index (χ0n) is 11.1. The Bertz CT molecular complexity index is 744. The number of ketones is 2. The Balaban J connectivity index is 0. The number of allylic oxidation sites excluding steroid dienone is 1. The maximum absolute atomic E-state index is 11.2. The molecule has 0 atom stereocenters. The number of fused-ring (bicyclic) bond motifs is 1. The van der Waals surface area contributed by atoms with Crippen molar-refractivity contribution in [3.8, 4) is 0 Å². The van der Waals surface area contributed by atoms with E-state index in [0.717, 1.165) is 5.56 Å². The molecule has 23 heavy (non-hydrogen) atoms. The van der Waals surface area contributed by atoms with Crippen molar-refractivity contribution in [2.75, 3.05) is 0 Å². The van der Waals surface area contributed by atoms with Gasteiger partial charge >= 0.3 is 9.33 Å². The predicted octanol–water partition coefficient (Wildman–Crippen LogP) is 3.23. The standard InChI is InChI=1S/C10H6O2.ClHO3S.HN3.N3/c11-9-6-5-7-3-1-2-4-8(7)10(9)12;1-5(2,3)4;2*1-3-2/h1-6H;(H,2,3,4);1H;/q;;;-1. The highest BCUT2D eigenvalue weighted by atomic mass is 35.7. The van der Waals surface area contributed by atoms with Gasteiger partial charge in [-0.05, 0) is 22.1 Å². The maximum Gasteiger partial charge on any atom is 0.353 e. The van der Waals surface area contributed by atoms with Gasteiger partial charge in [-0.1, -0.05) is 30.3 Å². The molecule has 2 rings (SSSR count). The Kier molecular flexibility index (Phi) is 11.4. The van der Waals surface area contributed by atoms with Crippen LogP contribution in [0.25, 0.3) is 32.5 Å². The molecule has 0 amide bonds. The van der Waals surface area contributed by atoms with Crippen molar-refractivity contribution in [2.45, 2.75) is 0 Å². The minimum atomic E-state index is -4.19. The summed E-state index contributed by atoms with van der Waals surface area (Å²) in [4.78, 5) is 25.4. The van der Waals surface area contributed by atoms with Gasteiger partial charge in [-0.3, -0.25) is 19.1 Å². The summed E-state index contributed by atoms with van der Waals surface area (Å²) in [5, 5.41) is 0. The normalized spacial score (nSPS) is 10.9. The van der Waals surface area contributed by atoms with Gasteiger partial charge < -0.3 is 11.1 Å². The van der Waals surface area contributed by atoms with Crippen LogP contribution in [0.5, 0.6) is 0 Å². The van der Waals surface area contributed by atoms with Gasteiger partial charge in [-0.15, -0.1) is 5.53 Å². The van der Waals surface area contributed by atoms with Crippen molar-refractivity contribution in [3.63, 3.8) is 0 Å². The molecule has 1 aliphatic carbocycles. The minimum Gasteiger partial charge on any atom is -0.373 e. The van der Waals surface area contributed by atoms with Gasteiger partial charge in [0.15, 0.2) is 0 Å². The summed E-state index contributed by atoms with van der Waals surface area (Å²) in [6.45, 7) is 0. The van der Waals surface area contributed by atoms with Crippen LogP contribution in [-0.4, -0.2) is 24.5 Å². The summed E-state index contributed by atoms with van der Waals surface area (Å²) < 4.78 is 25.2. The van der Waals surface area contributed by atoms with Gasteiger partial charge in [0.1, 0.15) is 0 Å². The van der Waals surface area contributed by atoms with Gasteiger partial charge in [-0.2, -0.15) is 8.42 Å². The lowest BCUT2D eigenvalue weighted by Crippen LogP contribution is -2.15. The van der Waals surface area contributed by atoms with Crippen LogP contribution in [0.15, 0.2) is 30.3 Å². The molecule has 11 nitrogen and oxygen atoms in total. The van der Waals surface area contributed by atoms with Crippen molar-refractivity contribution < 1.29 is 22.6 Å². The summed E-state index contributed by atoms with van der Waals surface area (Å²) in [7, 11) is -0.137. The summed E-state index contributed by atoms with van der Waals surface area (Å²) in [6.07, 6.45) is 2.98. The third-order valence-corrected chi connectivity index (χ3v) is 1.84. The second-order valence-corrected chi connectivity index (χ2v) is 5.21. The number of halogens is 1. The van der Waals surface area contributed by atoms with E-state index in [1.54, 1.807) is 23.1 Å². The highest BCUT2D eigenvalue weighted by Crippen LogP contribution is 2.16. The van der Waals surface area contributed by atoms with Crippen LogP contribution >= 0.6 is 10.7 Å². The number of Topliss-reactive ketones (excluding diaryl/α,β-unsaturated/α-hetero) is 1. The van der Waals surface area contributed by atoms with Crippen molar-refractivity contribution in [2.24, 2.45) is 0 Å². The first-order valence-electron chi connectivity index (χ1n) is 5.14. The number of nitrogens with zero attached hydrogens (tertiary/aromatic N) is 5. The van der Waals surface area contributed by atoms with Crippen molar-refractivity contribution in [3.05, 3.63) is 67.9 Å². The first-order chi connectivity index (χ1) is 10.6. The lowest BCUT2D eigenvalue weighted by molar-refractivity contribution is -0.110. The molecule has 0 spiro atoms. The Hall–Kier alpha value is -2.88. The van der Waals surface area contributed by atoms with Crippen LogP contribution in [0.4, 0.5) is 0 Å². The largest absolute Gasteiger partial charge is 0.373 e. The van der Waals surface area contributed by atoms with E-state index >= 15 is 0 Å². The molecule has 13 heteroatoms. The Morgan fingerprint density at radius 2 is 1.48 bits per heavy atom. The zero-order chi connectivity index (χ0) is 18.5. The molecule has 2 N–H and O–H groups in total. The topological polar surface area (TPSA) is 207 Å². The molecule has 0 saturated heterocycles. The van der Waals surface area contributed by atoms with E-state index in [9.17, 15) is 9.59 Å². The highest BCUT2D eigenvalue weighted by Gasteiger charge is 2.19. The van der Waals surface area contributed by atoms with Gasteiger partial charge in [0, 0.05) is 16.2 Å². The number of benzene rings is 1. The monoisotopic (exact) mass is 359 g/mol. The van der Waals surface area contributed by atoms with Crippen LogP contribution in [0.1, 0.15) is 15.9 Å². The van der Waals surface area contributed by atoms with Gasteiger partial charge in [0.25, 0.3) is 0 Å². The maximum atomic E-state index is 11.2. The van der Waals surface area contributed by atoms with E-state index in [4.69, 9.17) is 35.1 Å². The average Bonchev–Trinajstić information content (AvgIpc) is 2.43. The van der Waals surface area contributed by atoms with E-state index in [1.807, 2.05) is 12.1 Å². The van der Waals surface area contributed by atoms with Crippen molar-refractivity contribution in [1.82, 2.24) is 0 Å². The van der Waals surface area contributed by atoms with Crippen LogP contribution in [0.2, 0.25) is 0 Å². The lowest BCUT2D eigenvalue weighted by Gasteiger charge is -2.06.